The van der Waals surface area contributed by atoms with Crippen LogP contribution in [0, 0.1) is 0 Å². The Morgan fingerprint density at radius 3 is 2.85 bits per heavy atom. The fraction of sp³-hybridized carbons (Fsp3) is 0.429. The van der Waals surface area contributed by atoms with Gasteiger partial charge in [-0.05, 0) is 6.42 Å². The number of aromatic nitrogens is 2. The summed E-state index contributed by atoms with van der Waals surface area (Å²) < 4.78 is 1.31. The minimum absolute atomic E-state index is 0.00640. The number of nitrogens with zero attached hydrogens (tertiary/aromatic N) is 2. The van der Waals surface area contributed by atoms with E-state index in [0.717, 1.165) is 0 Å². The van der Waals surface area contributed by atoms with Crippen LogP contribution in [0.15, 0.2) is 11.1 Å². The van der Waals surface area contributed by atoms with Crippen molar-refractivity contribution in [3.05, 3.63) is 26.9 Å². The first-order chi connectivity index (χ1) is 6.16. The Kier molecular flexibility index (Phi) is 3.71. The monoisotopic (exact) mass is 222 g/mol. The van der Waals surface area contributed by atoms with Gasteiger partial charge in [0.1, 0.15) is 5.02 Å². The third-order valence-electron chi connectivity index (χ3n) is 1.50. The van der Waals surface area contributed by atoms with E-state index in [1.807, 2.05) is 0 Å². The van der Waals surface area contributed by atoms with Gasteiger partial charge in [-0.25, -0.2) is 4.98 Å². The maximum absolute atomic E-state index is 11.3. The molecule has 0 radical (unpaired) electrons. The highest BCUT2D eigenvalue weighted by Crippen LogP contribution is 2.12. The molecule has 0 amide bonds. The van der Waals surface area contributed by atoms with Crippen LogP contribution in [0.5, 0.6) is 0 Å². The standard InChI is InChI=1S/C7H8Cl2N2O2/c8-5-6(9)10-4-11(7(5)13)2-1-3-12/h4,12H,1-3H2. The normalized spacial score (nSPS) is 10.4. The van der Waals surface area contributed by atoms with Crippen LogP contribution in [-0.2, 0) is 6.54 Å². The van der Waals surface area contributed by atoms with Crippen molar-refractivity contribution in [2.24, 2.45) is 0 Å². The molecule has 0 saturated heterocycles. The van der Waals surface area contributed by atoms with Gasteiger partial charge in [-0.15, -0.1) is 0 Å². The molecule has 1 aromatic rings. The first-order valence-electron chi connectivity index (χ1n) is 3.68. The van der Waals surface area contributed by atoms with Crippen LogP contribution < -0.4 is 5.56 Å². The van der Waals surface area contributed by atoms with Gasteiger partial charge in [-0.3, -0.25) is 9.36 Å². The summed E-state index contributed by atoms with van der Waals surface area (Å²) in [6, 6.07) is 0. The molecule has 13 heavy (non-hydrogen) atoms. The smallest absolute Gasteiger partial charge is 0.273 e. The minimum atomic E-state index is -0.380. The SMILES string of the molecule is O=c1c(Cl)c(Cl)ncn1CCCO. The van der Waals surface area contributed by atoms with Gasteiger partial charge >= 0.3 is 0 Å². The predicted octanol–water partition coefficient (Wildman–Crippen LogP) is 0.932. The van der Waals surface area contributed by atoms with Crippen molar-refractivity contribution in [2.75, 3.05) is 6.61 Å². The summed E-state index contributed by atoms with van der Waals surface area (Å²) in [6.07, 6.45) is 1.80. The first kappa shape index (κ1) is 10.5. The molecule has 0 spiro atoms. The molecule has 0 fully saturated rings. The molecule has 4 nitrogen and oxygen atoms in total. The predicted molar refractivity (Wildman–Crippen MR) is 50.2 cm³/mol. The highest BCUT2D eigenvalue weighted by molar-refractivity contribution is 6.40. The van der Waals surface area contributed by atoms with Crippen LogP contribution in [0.2, 0.25) is 10.2 Å². The van der Waals surface area contributed by atoms with E-state index in [1.165, 1.54) is 10.9 Å². The lowest BCUT2D eigenvalue weighted by atomic mass is 10.4. The van der Waals surface area contributed by atoms with E-state index < -0.39 is 0 Å². The number of rotatable bonds is 3. The van der Waals surface area contributed by atoms with Crippen molar-refractivity contribution in [3.8, 4) is 0 Å². The molecule has 0 aromatic carbocycles. The van der Waals surface area contributed by atoms with Gasteiger partial charge in [0, 0.05) is 13.2 Å². The van der Waals surface area contributed by atoms with Gasteiger partial charge < -0.3 is 5.11 Å². The molecule has 0 aliphatic heterocycles. The maximum Gasteiger partial charge on any atom is 0.273 e. The number of aryl methyl sites for hydroxylation is 1. The van der Waals surface area contributed by atoms with E-state index in [1.54, 1.807) is 0 Å². The second-order valence-electron chi connectivity index (χ2n) is 2.43. The molecule has 6 heteroatoms. The summed E-state index contributed by atoms with van der Waals surface area (Å²) in [7, 11) is 0. The van der Waals surface area contributed by atoms with Crippen LogP contribution >= 0.6 is 23.2 Å². The Morgan fingerprint density at radius 1 is 1.54 bits per heavy atom. The summed E-state index contributed by atoms with van der Waals surface area (Å²) >= 11 is 11.1. The fourth-order valence-electron chi connectivity index (χ4n) is 0.844. The average Bonchev–Trinajstić information content (AvgIpc) is 2.13. The quantitative estimate of drug-likeness (QED) is 0.775. The highest BCUT2D eigenvalue weighted by Gasteiger charge is 2.06. The molecule has 1 heterocycles. The Bertz CT molecular complexity index is 351. The zero-order valence-electron chi connectivity index (χ0n) is 6.70. The molecule has 0 atom stereocenters. The van der Waals surface area contributed by atoms with E-state index in [2.05, 4.69) is 4.98 Å². The molecule has 0 aliphatic rings. The van der Waals surface area contributed by atoms with E-state index in [9.17, 15) is 4.79 Å². The molecule has 72 valence electrons. The zero-order chi connectivity index (χ0) is 9.84. The summed E-state index contributed by atoms with van der Waals surface area (Å²) in [6.45, 7) is 0.409. The molecule has 0 aliphatic carbocycles. The topological polar surface area (TPSA) is 55.1 Å². The van der Waals surface area contributed by atoms with Crippen molar-refractivity contribution in [1.82, 2.24) is 9.55 Å². The van der Waals surface area contributed by atoms with Crippen LogP contribution in [0.3, 0.4) is 0 Å². The largest absolute Gasteiger partial charge is 0.396 e. The summed E-state index contributed by atoms with van der Waals surface area (Å²) in [5.74, 6) is 0. The van der Waals surface area contributed by atoms with Crippen molar-refractivity contribution in [2.45, 2.75) is 13.0 Å². The van der Waals surface area contributed by atoms with Crippen molar-refractivity contribution in [1.29, 1.82) is 0 Å². The second-order valence-corrected chi connectivity index (χ2v) is 3.16. The van der Waals surface area contributed by atoms with Crippen molar-refractivity contribution >= 4 is 23.2 Å². The van der Waals surface area contributed by atoms with Gasteiger partial charge in [0.05, 0.1) is 6.33 Å². The Labute approximate surface area is 84.7 Å². The van der Waals surface area contributed by atoms with E-state index >= 15 is 0 Å². The molecule has 1 rings (SSSR count). The Morgan fingerprint density at radius 2 is 2.23 bits per heavy atom. The molecular weight excluding hydrogens is 215 g/mol. The van der Waals surface area contributed by atoms with Crippen LogP contribution in [-0.4, -0.2) is 21.3 Å². The lowest BCUT2D eigenvalue weighted by Crippen LogP contribution is -2.21. The number of hydrogen-bond acceptors (Lipinski definition) is 3. The second kappa shape index (κ2) is 4.60. The van der Waals surface area contributed by atoms with Crippen molar-refractivity contribution in [3.63, 3.8) is 0 Å². The van der Waals surface area contributed by atoms with Crippen LogP contribution in [0.25, 0.3) is 0 Å². The minimum Gasteiger partial charge on any atom is -0.396 e. The van der Waals surface area contributed by atoms with Gasteiger partial charge in [-0.1, -0.05) is 23.2 Å². The number of hydrogen-bond donors (Lipinski definition) is 1. The molecule has 1 N–H and O–H groups in total. The highest BCUT2D eigenvalue weighted by atomic mass is 35.5. The Balaban J connectivity index is 2.97. The first-order valence-corrected chi connectivity index (χ1v) is 4.43. The third kappa shape index (κ3) is 2.43. The molecule has 0 unspecified atom stereocenters. The third-order valence-corrected chi connectivity index (χ3v) is 2.22. The van der Waals surface area contributed by atoms with E-state index in [0.29, 0.717) is 13.0 Å². The maximum atomic E-state index is 11.3. The average molecular weight is 223 g/mol. The number of halogens is 2. The van der Waals surface area contributed by atoms with Gasteiger partial charge in [0.2, 0.25) is 0 Å². The van der Waals surface area contributed by atoms with Crippen molar-refractivity contribution < 1.29 is 5.11 Å². The van der Waals surface area contributed by atoms with Gasteiger partial charge in [0.25, 0.3) is 5.56 Å². The lowest BCUT2D eigenvalue weighted by Gasteiger charge is -2.03. The number of aliphatic hydroxyl groups is 1. The van der Waals surface area contributed by atoms with E-state index in [4.69, 9.17) is 28.3 Å². The zero-order valence-corrected chi connectivity index (χ0v) is 8.22. The van der Waals surface area contributed by atoms with E-state index in [-0.39, 0.29) is 22.3 Å². The van der Waals surface area contributed by atoms with Gasteiger partial charge in [-0.2, -0.15) is 0 Å². The summed E-state index contributed by atoms with van der Waals surface area (Å²) in [4.78, 5) is 15.0. The molecule has 0 bridgehead atoms. The lowest BCUT2D eigenvalue weighted by molar-refractivity contribution is 0.278. The van der Waals surface area contributed by atoms with Crippen LogP contribution in [0.4, 0.5) is 0 Å². The molecule has 1 aromatic heterocycles. The fourth-order valence-corrected chi connectivity index (χ4v) is 1.13. The molecule has 0 saturated carbocycles. The molecular formula is C7H8Cl2N2O2. The number of aliphatic hydroxyl groups excluding tert-OH is 1. The Hall–Kier alpha value is -0.580. The van der Waals surface area contributed by atoms with Crippen LogP contribution in [0.1, 0.15) is 6.42 Å². The summed E-state index contributed by atoms with van der Waals surface area (Å²) in [5, 5.41) is 8.47. The van der Waals surface area contributed by atoms with Gasteiger partial charge in [0.15, 0.2) is 5.15 Å². The summed E-state index contributed by atoms with van der Waals surface area (Å²) in [5.41, 5.74) is -0.380.